The van der Waals surface area contributed by atoms with Crippen molar-refractivity contribution in [2.75, 3.05) is 22.1 Å². The number of carboxylic acids is 2. The molecule has 4 heterocycles. The highest BCUT2D eigenvalue weighted by Crippen LogP contribution is 2.22. The number of nitrogens with one attached hydrogen (secondary N) is 6. The maximum atomic E-state index is 13.2. The van der Waals surface area contributed by atoms with Crippen molar-refractivity contribution < 1.29 is 48.0 Å². The highest BCUT2D eigenvalue weighted by Gasteiger charge is 2.25. The molecule has 84 heavy (non-hydrogen) atoms. The van der Waals surface area contributed by atoms with Gasteiger partial charge in [-0.05, 0) is 107 Å². The zero-order valence-corrected chi connectivity index (χ0v) is 43.4. The molecule has 2 atom stereocenters. The van der Waals surface area contributed by atoms with Crippen molar-refractivity contribution >= 4 is 81.2 Å². The van der Waals surface area contributed by atoms with Gasteiger partial charge >= 0.3 is 23.5 Å². The molecule has 10 aromatic rings. The molecular formula is C54H42N14O16. The average molecular weight is 1140 g/mol. The summed E-state index contributed by atoms with van der Waals surface area (Å²) in [6.07, 6.45) is 0. The van der Waals surface area contributed by atoms with Crippen LogP contribution in [0.3, 0.4) is 0 Å². The molecule has 424 valence electrons. The third-order valence-corrected chi connectivity index (χ3v) is 12.8. The number of rotatable bonds is 18. The molecule has 0 saturated carbocycles. The van der Waals surface area contributed by atoms with E-state index in [9.17, 15) is 57.5 Å². The van der Waals surface area contributed by atoms with Crippen LogP contribution >= 0.6 is 0 Å². The summed E-state index contributed by atoms with van der Waals surface area (Å²) in [6.45, 7) is 3.32. The van der Waals surface area contributed by atoms with E-state index < -0.39 is 80.9 Å². The molecule has 12 N–H and O–H groups in total. The van der Waals surface area contributed by atoms with Crippen molar-refractivity contribution in [3.63, 3.8) is 0 Å². The van der Waals surface area contributed by atoms with Gasteiger partial charge < -0.3 is 53.6 Å². The SMILES string of the molecule is C[C@@H](NC(=O)c1cc(C(=O)NCc2cccc(Nc3c(N)c(=O)c3=O)c2)n2c(=O)onc2n1)c1ccc(C(=O)O)cc1.C[C@@H](NC(=O)c1cc(C(=O)NCc2cccc(Nc3c(N)c(=O)c3=O)c2)nc2noc(=O)n12)c1ccc(C(=O)O)cc1. The number of fused-ring (bicyclic) bond motifs is 2. The van der Waals surface area contributed by atoms with E-state index in [0.29, 0.717) is 33.6 Å². The van der Waals surface area contributed by atoms with Gasteiger partial charge in [-0.15, -0.1) is 0 Å². The molecule has 0 fully saturated rings. The number of aromatic nitrogens is 6. The number of hydrogen-bond donors (Lipinski definition) is 10. The number of hydrogen-bond acceptors (Lipinski definition) is 22. The molecule has 0 aliphatic heterocycles. The molecule has 4 amide bonds. The Hall–Kier alpha value is -12.2. The van der Waals surface area contributed by atoms with Crippen LogP contribution in [0, 0.1) is 0 Å². The second-order valence-electron chi connectivity index (χ2n) is 18.4. The van der Waals surface area contributed by atoms with Gasteiger partial charge in [0.05, 0.1) is 23.2 Å². The maximum Gasteiger partial charge on any atom is 0.448 e. The second kappa shape index (κ2) is 23.2. The minimum atomic E-state index is -1.09. The quantitative estimate of drug-likeness (QED) is 0.0543. The van der Waals surface area contributed by atoms with Crippen LogP contribution in [-0.4, -0.2) is 74.9 Å². The van der Waals surface area contributed by atoms with Crippen LogP contribution < -0.4 is 76.6 Å². The summed E-state index contributed by atoms with van der Waals surface area (Å²) in [6, 6.07) is 26.1. The van der Waals surface area contributed by atoms with Gasteiger partial charge in [0.1, 0.15) is 45.5 Å². The minimum Gasteiger partial charge on any atom is -0.478 e. The summed E-state index contributed by atoms with van der Waals surface area (Å²) >= 11 is 0. The summed E-state index contributed by atoms with van der Waals surface area (Å²) in [5.74, 6) is -7.64. The molecule has 0 aliphatic carbocycles. The van der Waals surface area contributed by atoms with Crippen LogP contribution in [0.1, 0.15) is 111 Å². The lowest BCUT2D eigenvalue weighted by Crippen LogP contribution is -2.36. The van der Waals surface area contributed by atoms with E-state index >= 15 is 0 Å². The number of nitrogen functional groups attached to an aromatic ring is 2. The first-order valence-electron chi connectivity index (χ1n) is 24.6. The van der Waals surface area contributed by atoms with E-state index in [0.717, 1.165) is 20.9 Å². The lowest BCUT2D eigenvalue weighted by Gasteiger charge is -2.15. The molecule has 6 aromatic carbocycles. The van der Waals surface area contributed by atoms with Gasteiger partial charge in [0, 0.05) is 24.5 Å². The third-order valence-electron chi connectivity index (χ3n) is 12.8. The number of nitrogens with two attached hydrogens (primary N) is 2. The Morgan fingerprint density at radius 1 is 0.512 bits per heavy atom. The number of benzene rings is 4. The first-order valence-corrected chi connectivity index (χ1v) is 24.6. The Morgan fingerprint density at radius 2 is 0.905 bits per heavy atom. The number of nitrogens with zero attached hydrogens (tertiary/aromatic N) is 6. The van der Waals surface area contributed by atoms with Crippen molar-refractivity contribution in [1.82, 2.24) is 50.3 Å². The number of anilines is 6. The summed E-state index contributed by atoms with van der Waals surface area (Å²) in [7, 11) is 0. The van der Waals surface area contributed by atoms with Gasteiger partial charge in [-0.25, -0.2) is 37.9 Å². The Labute approximate surface area is 466 Å². The van der Waals surface area contributed by atoms with E-state index in [-0.39, 0.29) is 81.3 Å². The average Bonchev–Trinajstić information content (AvgIpc) is 3.57. The summed E-state index contributed by atoms with van der Waals surface area (Å²) in [5, 5.41) is 41.5. The number of carbonyl (C=O) groups excluding carboxylic acids is 4. The Bertz CT molecular complexity index is 4580. The molecule has 0 spiro atoms. The van der Waals surface area contributed by atoms with Gasteiger partial charge in [0.15, 0.2) is 0 Å². The van der Waals surface area contributed by atoms with E-state index in [1.54, 1.807) is 86.6 Å². The van der Waals surface area contributed by atoms with Gasteiger partial charge in [-0.1, -0.05) is 48.5 Å². The van der Waals surface area contributed by atoms with E-state index in [1.807, 2.05) is 0 Å². The standard InChI is InChI=1S/2C27H21N7O8/c1-12(14-5-7-15(8-6-14)25(39)40)30-23(37)17-10-18(34-26(32-17)33-42-27(34)41)24(38)29-11-13-3-2-4-16(9-13)31-20-19(28)21(35)22(20)36;1-12(14-5-7-15(8-6-14)25(39)40)30-24(38)18-10-17(32-26-33-42-27(41)34(18)26)23(37)29-11-13-3-2-4-16(9-13)31-20-19(28)21(35)22(20)36/h2-10,12,31H,11,28H2,1H3,(H,29,38)(H,30,37)(H,39,40);2-10,12,31H,11,28H2,1H3,(H,29,37)(H,30,38)(H,39,40)/t2*12-/m11/s1. The van der Waals surface area contributed by atoms with Crippen molar-refractivity contribution in [2.24, 2.45) is 0 Å². The molecule has 10 rings (SSSR count). The van der Waals surface area contributed by atoms with Crippen molar-refractivity contribution in [3.05, 3.63) is 227 Å². The molecular weight excluding hydrogens is 1100 g/mol. The molecule has 0 saturated heterocycles. The number of carboxylic acid groups (broad SMARTS) is 2. The van der Waals surface area contributed by atoms with Crippen molar-refractivity contribution in [3.8, 4) is 0 Å². The summed E-state index contributed by atoms with van der Waals surface area (Å²) in [5.41, 5.74) is 10.4. The van der Waals surface area contributed by atoms with E-state index in [1.165, 1.54) is 24.3 Å². The number of amides is 4. The second-order valence-corrected chi connectivity index (χ2v) is 18.4. The maximum absolute atomic E-state index is 13.2. The highest BCUT2D eigenvalue weighted by atomic mass is 16.5. The molecule has 30 heteroatoms. The van der Waals surface area contributed by atoms with Crippen LogP contribution in [0.5, 0.6) is 0 Å². The predicted molar refractivity (Wildman–Crippen MR) is 295 cm³/mol. The Kier molecular flexibility index (Phi) is 15.6. The van der Waals surface area contributed by atoms with Gasteiger partial charge in [-0.3, -0.25) is 47.4 Å². The Balaban J connectivity index is 0.000000202. The fourth-order valence-corrected chi connectivity index (χ4v) is 8.23. The first-order chi connectivity index (χ1) is 40.1. The lowest BCUT2D eigenvalue weighted by atomic mass is 10.1. The Morgan fingerprint density at radius 3 is 1.32 bits per heavy atom. The fourth-order valence-electron chi connectivity index (χ4n) is 8.23. The van der Waals surface area contributed by atoms with Crippen LogP contribution in [0.15, 0.2) is 147 Å². The zero-order valence-electron chi connectivity index (χ0n) is 43.4. The van der Waals surface area contributed by atoms with Crippen molar-refractivity contribution in [1.29, 1.82) is 0 Å². The fraction of sp³-hybridized carbons (Fsp3) is 0.111. The summed E-state index contributed by atoms with van der Waals surface area (Å²) < 4.78 is 10.9. The largest absolute Gasteiger partial charge is 0.478 e. The van der Waals surface area contributed by atoms with Crippen LogP contribution in [0.4, 0.5) is 34.1 Å². The molecule has 30 nitrogen and oxygen atoms in total. The van der Waals surface area contributed by atoms with Crippen LogP contribution in [0.2, 0.25) is 0 Å². The van der Waals surface area contributed by atoms with Crippen LogP contribution in [0.25, 0.3) is 11.6 Å². The highest BCUT2D eigenvalue weighted by molar-refractivity contribution is 5.99. The van der Waals surface area contributed by atoms with E-state index in [2.05, 4.69) is 61.2 Å². The normalized spacial score (nSPS) is 11.7. The van der Waals surface area contributed by atoms with Gasteiger partial charge in [0.25, 0.3) is 56.9 Å². The zero-order chi connectivity index (χ0) is 60.3. The number of carbonyl (C=O) groups is 6. The molecule has 0 bridgehead atoms. The smallest absolute Gasteiger partial charge is 0.448 e. The third kappa shape index (κ3) is 11.7. The molecule has 0 unspecified atom stereocenters. The van der Waals surface area contributed by atoms with Gasteiger partial charge in [-0.2, -0.15) is 0 Å². The van der Waals surface area contributed by atoms with Gasteiger partial charge in [0.2, 0.25) is 0 Å². The monoisotopic (exact) mass is 1140 g/mol. The van der Waals surface area contributed by atoms with Crippen molar-refractivity contribution in [2.45, 2.75) is 39.0 Å². The van der Waals surface area contributed by atoms with Crippen LogP contribution in [-0.2, 0) is 13.1 Å². The molecule has 0 aliphatic rings. The predicted octanol–water partition coefficient (Wildman–Crippen LogP) is 1.45. The first kappa shape index (κ1) is 56.5. The minimum absolute atomic E-state index is 0.000979. The number of aromatic carboxylic acids is 2. The molecule has 4 aromatic heterocycles. The lowest BCUT2D eigenvalue weighted by molar-refractivity contribution is 0.0686. The topological polar surface area (TPSA) is 456 Å². The molecule has 0 radical (unpaired) electrons. The summed E-state index contributed by atoms with van der Waals surface area (Å²) in [4.78, 5) is 153. The van der Waals surface area contributed by atoms with E-state index in [4.69, 9.17) is 21.7 Å².